The molecule has 0 aromatic heterocycles. The van der Waals surface area contributed by atoms with E-state index in [0.717, 1.165) is 21.9 Å². The standard InChI is InChI=1S/C36H39Cl2N3O4S/c1-4-27-15-18-30(19-16-27)41(46(44,45)31-13-9-6-10-14-31)25-35(42)40(24-29-17-20-32(37)33(38)21-29)34(36(43)39-23-26(2)3)22-28-11-7-5-8-12-28/h5-21,26,34H,4,22-25H2,1-3H3,(H,39,43)/t34-/m1/s1. The molecule has 46 heavy (non-hydrogen) atoms. The minimum atomic E-state index is -4.17. The van der Waals surface area contributed by atoms with Crippen LogP contribution in [0.2, 0.25) is 10.0 Å². The smallest absolute Gasteiger partial charge is 0.264 e. The molecular weight excluding hydrogens is 641 g/mol. The Balaban J connectivity index is 1.80. The molecule has 4 aromatic rings. The number of aryl methyl sites for hydroxylation is 1. The Morgan fingerprint density at radius 2 is 1.39 bits per heavy atom. The number of halogens is 2. The van der Waals surface area contributed by atoms with Crippen LogP contribution in [0.4, 0.5) is 5.69 Å². The van der Waals surface area contributed by atoms with Crippen molar-refractivity contribution >= 4 is 50.7 Å². The van der Waals surface area contributed by atoms with Gasteiger partial charge in [0, 0.05) is 19.5 Å². The zero-order valence-electron chi connectivity index (χ0n) is 26.2. The van der Waals surface area contributed by atoms with Gasteiger partial charge in [-0.2, -0.15) is 0 Å². The van der Waals surface area contributed by atoms with Gasteiger partial charge in [-0.15, -0.1) is 0 Å². The van der Waals surface area contributed by atoms with Crippen LogP contribution in [0.5, 0.6) is 0 Å². The van der Waals surface area contributed by atoms with Gasteiger partial charge in [-0.3, -0.25) is 13.9 Å². The monoisotopic (exact) mass is 679 g/mol. The second-order valence-electron chi connectivity index (χ2n) is 11.5. The van der Waals surface area contributed by atoms with E-state index in [1.165, 1.54) is 17.0 Å². The van der Waals surface area contributed by atoms with Crippen molar-refractivity contribution in [3.8, 4) is 0 Å². The molecule has 4 aromatic carbocycles. The number of anilines is 1. The molecule has 2 amide bonds. The molecule has 0 heterocycles. The summed E-state index contributed by atoms with van der Waals surface area (Å²) in [6.45, 7) is 5.86. The summed E-state index contributed by atoms with van der Waals surface area (Å²) in [4.78, 5) is 29.9. The highest BCUT2D eigenvalue weighted by Crippen LogP contribution is 2.27. The molecule has 10 heteroatoms. The van der Waals surface area contributed by atoms with Gasteiger partial charge in [-0.1, -0.05) is 111 Å². The van der Waals surface area contributed by atoms with Crippen molar-refractivity contribution < 1.29 is 18.0 Å². The lowest BCUT2D eigenvalue weighted by molar-refractivity contribution is -0.140. The van der Waals surface area contributed by atoms with Gasteiger partial charge >= 0.3 is 0 Å². The number of hydrogen-bond donors (Lipinski definition) is 1. The SMILES string of the molecule is CCc1ccc(N(CC(=O)N(Cc2ccc(Cl)c(Cl)c2)[C@H](Cc2ccccc2)C(=O)NCC(C)C)S(=O)(=O)c2ccccc2)cc1. The number of nitrogens with one attached hydrogen (secondary N) is 1. The third-order valence-electron chi connectivity index (χ3n) is 7.54. The normalized spacial score (nSPS) is 12.0. The molecule has 0 unspecified atom stereocenters. The van der Waals surface area contributed by atoms with Crippen LogP contribution in [0.15, 0.2) is 108 Å². The Bertz CT molecular complexity index is 1720. The van der Waals surface area contributed by atoms with Crippen LogP contribution in [0.25, 0.3) is 0 Å². The van der Waals surface area contributed by atoms with Crippen LogP contribution in [0.3, 0.4) is 0 Å². The van der Waals surface area contributed by atoms with Crippen molar-refractivity contribution in [3.63, 3.8) is 0 Å². The Hall–Kier alpha value is -3.85. The third kappa shape index (κ3) is 9.12. The lowest BCUT2D eigenvalue weighted by Gasteiger charge is -2.34. The van der Waals surface area contributed by atoms with Gasteiger partial charge < -0.3 is 10.2 Å². The molecule has 0 fully saturated rings. The van der Waals surface area contributed by atoms with E-state index < -0.39 is 28.5 Å². The molecule has 0 radical (unpaired) electrons. The second-order valence-corrected chi connectivity index (χ2v) is 14.1. The largest absolute Gasteiger partial charge is 0.354 e. The molecule has 0 spiro atoms. The van der Waals surface area contributed by atoms with E-state index in [4.69, 9.17) is 23.2 Å². The first-order chi connectivity index (χ1) is 22.0. The summed E-state index contributed by atoms with van der Waals surface area (Å²) in [5, 5.41) is 3.65. The predicted molar refractivity (Wildman–Crippen MR) is 186 cm³/mol. The van der Waals surface area contributed by atoms with E-state index in [-0.39, 0.29) is 29.7 Å². The van der Waals surface area contributed by atoms with Gasteiger partial charge in [0.15, 0.2) is 0 Å². The number of rotatable bonds is 14. The summed E-state index contributed by atoms with van der Waals surface area (Å²) >= 11 is 12.5. The van der Waals surface area contributed by atoms with Crippen LogP contribution >= 0.6 is 23.2 Å². The minimum Gasteiger partial charge on any atom is -0.354 e. The van der Waals surface area contributed by atoms with E-state index in [1.807, 2.05) is 63.2 Å². The molecule has 1 atom stereocenters. The zero-order valence-corrected chi connectivity index (χ0v) is 28.5. The third-order valence-corrected chi connectivity index (χ3v) is 10.1. The first-order valence-corrected chi connectivity index (χ1v) is 17.4. The molecule has 242 valence electrons. The van der Waals surface area contributed by atoms with E-state index in [9.17, 15) is 18.0 Å². The number of benzene rings is 4. The number of hydrogen-bond acceptors (Lipinski definition) is 4. The number of carbonyl (C=O) groups is 2. The molecule has 0 saturated heterocycles. The van der Waals surface area contributed by atoms with Gasteiger partial charge in [-0.05, 0) is 65.4 Å². The average Bonchev–Trinajstić information content (AvgIpc) is 3.06. The quantitative estimate of drug-likeness (QED) is 0.153. The van der Waals surface area contributed by atoms with E-state index in [0.29, 0.717) is 27.8 Å². The highest BCUT2D eigenvalue weighted by molar-refractivity contribution is 7.92. The second kappa shape index (κ2) is 16.1. The molecular formula is C36H39Cl2N3O4S. The lowest BCUT2D eigenvalue weighted by atomic mass is 10.0. The summed E-state index contributed by atoms with van der Waals surface area (Å²) in [6, 6.07) is 28.6. The number of nitrogens with zero attached hydrogens (tertiary/aromatic N) is 2. The van der Waals surface area contributed by atoms with Crippen LogP contribution in [0, 0.1) is 5.92 Å². The first-order valence-electron chi connectivity index (χ1n) is 15.2. The molecule has 0 aliphatic rings. The summed E-state index contributed by atoms with van der Waals surface area (Å²) in [5.74, 6) is -0.709. The highest BCUT2D eigenvalue weighted by atomic mass is 35.5. The number of amides is 2. The molecule has 1 N–H and O–H groups in total. The van der Waals surface area contributed by atoms with Gasteiger partial charge in [0.1, 0.15) is 12.6 Å². The molecule has 0 bridgehead atoms. The Labute approximate surface area is 282 Å². The molecule has 0 aliphatic heterocycles. The maximum Gasteiger partial charge on any atom is 0.264 e. The van der Waals surface area contributed by atoms with Gasteiger partial charge in [0.25, 0.3) is 10.0 Å². The summed E-state index contributed by atoms with van der Waals surface area (Å²) in [7, 11) is -4.17. The van der Waals surface area contributed by atoms with E-state index in [1.54, 1.807) is 48.5 Å². The first kappa shape index (κ1) is 35.0. The Morgan fingerprint density at radius 1 is 0.783 bits per heavy atom. The Morgan fingerprint density at radius 3 is 1.98 bits per heavy atom. The predicted octanol–water partition coefficient (Wildman–Crippen LogP) is 7.16. The van der Waals surface area contributed by atoms with Crippen molar-refractivity contribution in [1.82, 2.24) is 10.2 Å². The maximum atomic E-state index is 14.5. The van der Waals surface area contributed by atoms with Gasteiger partial charge in [0.05, 0.1) is 20.6 Å². The van der Waals surface area contributed by atoms with Crippen LogP contribution in [-0.2, 0) is 39.0 Å². The minimum absolute atomic E-state index is 0.00365. The van der Waals surface area contributed by atoms with E-state index in [2.05, 4.69) is 5.32 Å². The fourth-order valence-electron chi connectivity index (χ4n) is 4.96. The molecule has 0 saturated carbocycles. The van der Waals surface area contributed by atoms with Crippen molar-refractivity contribution in [2.24, 2.45) is 5.92 Å². The van der Waals surface area contributed by atoms with Crippen molar-refractivity contribution in [3.05, 3.63) is 130 Å². The highest BCUT2D eigenvalue weighted by Gasteiger charge is 2.34. The summed E-state index contributed by atoms with van der Waals surface area (Å²) < 4.78 is 29.3. The van der Waals surface area contributed by atoms with Crippen molar-refractivity contribution in [2.75, 3.05) is 17.4 Å². The topological polar surface area (TPSA) is 86.8 Å². The molecule has 7 nitrogen and oxygen atoms in total. The van der Waals surface area contributed by atoms with Crippen molar-refractivity contribution in [2.45, 2.75) is 51.1 Å². The molecule has 4 rings (SSSR count). The van der Waals surface area contributed by atoms with Gasteiger partial charge in [0.2, 0.25) is 11.8 Å². The summed E-state index contributed by atoms with van der Waals surface area (Å²) in [5.41, 5.74) is 2.86. The number of carbonyl (C=O) groups excluding carboxylic acids is 2. The van der Waals surface area contributed by atoms with Crippen LogP contribution in [-0.4, -0.2) is 44.3 Å². The maximum absolute atomic E-state index is 14.5. The fraction of sp³-hybridized carbons (Fsp3) is 0.278. The van der Waals surface area contributed by atoms with Crippen LogP contribution < -0.4 is 9.62 Å². The van der Waals surface area contributed by atoms with Crippen molar-refractivity contribution in [1.29, 1.82) is 0 Å². The van der Waals surface area contributed by atoms with Crippen LogP contribution in [0.1, 0.15) is 37.5 Å². The zero-order chi connectivity index (χ0) is 33.3. The Kier molecular flexibility index (Phi) is 12.3. The van der Waals surface area contributed by atoms with Gasteiger partial charge in [-0.25, -0.2) is 8.42 Å². The molecule has 0 aliphatic carbocycles. The average molecular weight is 681 g/mol. The summed E-state index contributed by atoms with van der Waals surface area (Å²) in [6.07, 6.45) is 0.989. The number of sulfonamides is 1. The fourth-order valence-corrected chi connectivity index (χ4v) is 6.71. The lowest BCUT2D eigenvalue weighted by Crippen LogP contribution is -2.53. The van der Waals surface area contributed by atoms with E-state index >= 15 is 0 Å².